The normalized spacial score (nSPS) is 11.7. The highest BCUT2D eigenvalue weighted by Gasteiger charge is 2.17. The van der Waals surface area contributed by atoms with Crippen molar-refractivity contribution in [1.82, 2.24) is 5.32 Å². The molecular weight excluding hydrogens is 222 g/mol. The Morgan fingerprint density at radius 3 is 2.17 bits per heavy atom. The van der Waals surface area contributed by atoms with Gasteiger partial charge in [-0.1, -0.05) is 26.0 Å². The lowest BCUT2D eigenvalue weighted by Crippen LogP contribution is -2.27. The summed E-state index contributed by atoms with van der Waals surface area (Å²) >= 11 is 0. The van der Waals surface area contributed by atoms with Crippen molar-refractivity contribution in [3.63, 3.8) is 0 Å². The average Bonchev–Trinajstić information content (AvgIpc) is 2.26. The van der Waals surface area contributed by atoms with Gasteiger partial charge in [0.15, 0.2) is 0 Å². The van der Waals surface area contributed by atoms with Gasteiger partial charge in [-0.3, -0.25) is 0 Å². The van der Waals surface area contributed by atoms with E-state index >= 15 is 0 Å². The first-order valence-electron chi connectivity index (χ1n) is 6.68. The Hall–Kier alpha value is -1.02. The van der Waals surface area contributed by atoms with Crippen molar-refractivity contribution in [3.05, 3.63) is 28.8 Å². The second-order valence-electron chi connectivity index (χ2n) is 5.96. The van der Waals surface area contributed by atoms with Crippen LogP contribution in [0.1, 0.15) is 37.0 Å². The fourth-order valence-corrected chi connectivity index (χ4v) is 2.56. The molecule has 2 nitrogen and oxygen atoms in total. The molecule has 18 heavy (non-hydrogen) atoms. The van der Waals surface area contributed by atoms with Crippen molar-refractivity contribution >= 4 is 0 Å². The second-order valence-corrected chi connectivity index (χ2v) is 5.96. The van der Waals surface area contributed by atoms with Gasteiger partial charge in [0.1, 0.15) is 5.75 Å². The maximum Gasteiger partial charge on any atom is 0.124 e. The SMILES string of the molecule is CNCC(C)(C)CCc1cc(C)c(OC)c(C)c1. The van der Waals surface area contributed by atoms with Gasteiger partial charge in [-0.05, 0) is 62.4 Å². The Morgan fingerprint density at radius 1 is 1.17 bits per heavy atom. The monoisotopic (exact) mass is 249 g/mol. The Morgan fingerprint density at radius 2 is 1.72 bits per heavy atom. The lowest BCUT2D eigenvalue weighted by Gasteiger charge is -2.24. The third-order valence-electron chi connectivity index (χ3n) is 3.47. The van der Waals surface area contributed by atoms with E-state index in [-0.39, 0.29) is 0 Å². The van der Waals surface area contributed by atoms with Gasteiger partial charge in [0, 0.05) is 0 Å². The zero-order valence-corrected chi connectivity index (χ0v) is 12.7. The molecular formula is C16H27NO. The van der Waals surface area contributed by atoms with Crippen LogP contribution >= 0.6 is 0 Å². The smallest absolute Gasteiger partial charge is 0.124 e. The summed E-state index contributed by atoms with van der Waals surface area (Å²) in [6.07, 6.45) is 2.32. The Kier molecular flexibility index (Phi) is 5.21. The molecule has 0 bridgehead atoms. The summed E-state index contributed by atoms with van der Waals surface area (Å²) in [6, 6.07) is 4.50. The number of aryl methyl sites for hydroxylation is 3. The molecule has 1 aromatic rings. The van der Waals surface area contributed by atoms with Gasteiger partial charge >= 0.3 is 0 Å². The van der Waals surface area contributed by atoms with Crippen LogP contribution in [0.5, 0.6) is 5.75 Å². The van der Waals surface area contributed by atoms with Crippen LogP contribution in [0.4, 0.5) is 0 Å². The van der Waals surface area contributed by atoms with Crippen molar-refractivity contribution < 1.29 is 4.74 Å². The predicted molar refractivity (Wildman–Crippen MR) is 78.5 cm³/mol. The summed E-state index contributed by atoms with van der Waals surface area (Å²) in [5.41, 5.74) is 4.23. The Balaban J connectivity index is 2.75. The highest BCUT2D eigenvalue weighted by Crippen LogP contribution is 2.27. The minimum Gasteiger partial charge on any atom is -0.496 e. The maximum atomic E-state index is 5.40. The summed E-state index contributed by atoms with van der Waals surface area (Å²) in [5.74, 6) is 1.02. The number of ether oxygens (including phenoxy) is 1. The molecule has 1 N–H and O–H groups in total. The summed E-state index contributed by atoms with van der Waals surface area (Å²) in [4.78, 5) is 0. The lowest BCUT2D eigenvalue weighted by molar-refractivity contribution is 0.324. The third kappa shape index (κ3) is 4.02. The van der Waals surface area contributed by atoms with Gasteiger partial charge in [-0.25, -0.2) is 0 Å². The number of hydrogen-bond acceptors (Lipinski definition) is 2. The molecule has 0 aliphatic carbocycles. The van der Waals surface area contributed by atoms with E-state index in [0.29, 0.717) is 5.41 Å². The number of nitrogens with one attached hydrogen (secondary N) is 1. The third-order valence-corrected chi connectivity index (χ3v) is 3.47. The van der Waals surface area contributed by atoms with Crippen LogP contribution in [0.3, 0.4) is 0 Å². The fraction of sp³-hybridized carbons (Fsp3) is 0.625. The molecule has 0 aliphatic rings. The van der Waals surface area contributed by atoms with Gasteiger partial charge < -0.3 is 10.1 Å². The van der Waals surface area contributed by atoms with Crippen LogP contribution in [0.2, 0.25) is 0 Å². The summed E-state index contributed by atoms with van der Waals surface area (Å²) < 4.78 is 5.40. The molecule has 0 fully saturated rings. The minimum atomic E-state index is 0.344. The first kappa shape index (κ1) is 15.0. The first-order chi connectivity index (χ1) is 8.39. The van der Waals surface area contributed by atoms with Gasteiger partial charge in [0.2, 0.25) is 0 Å². The van der Waals surface area contributed by atoms with E-state index in [1.807, 2.05) is 7.05 Å². The van der Waals surface area contributed by atoms with Crippen LogP contribution in [0.15, 0.2) is 12.1 Å². The largest absolute Gasteiger partial charge is 0.496 e. The van der Waals surface area contributed by atoms with Crippen LogP contribution in [-0.4, -0.2) is 20.7 Å². The molecule has 2 heteroatoms. The second kappa shape index (κ2) is 6.24. The summed E-state index contributed by atoms with van der Waals surface area (Å²) in [6.45, 7) is 9.92. The Labute approximate surface area is 112 Å². The number of hydrogen-bond donors (Lipinski definition) is 1. The van der Waals surface area contributed by atoms with Gasteiger partial charge in [-0.15, -0.1) is 0 Å². The molecule has 0 aromatic heterocycles. The van der Waals surface area contributed by atoms with E-state index in [4.69, 9.17) is 4.74 Å². The van der Waals surface area contributed by atoms with Crippen molar-refractivity contribution in [1.29, 1.82) is 0 Å². The van der Waals surface area contributed by atoms with Crippen LogP contribution < -0.4 is 10.1 Å². The van der Waals surface area contributed by atoms with Gasteiger partial charge in [0.25, 0.3) is 0 Å². The molecule has 0 aliphatic heterocycles. The highest BCUT2D eigenvalue weighted by molar-refractivity contribution is 5.43. The molecule has 0 saturated heterocycles. The Bertz CT molecular complexity index is 373. The zero-order valence-electron chi connectivity index (χ0n) is 12.7. The van der Waals surface area contributed by atoms with Crippen molar-refractivity contribution in [2.45, 2.75) is 40.5 Å². The molecule has 0 unspecified atom stereocenters. The van der Waals surface area contributed by atoms with Gasteiger partial charge in [0.05, 0.1) is 7.11 Å². The molecule has 0 atom stereocenters. The number of rotatable bonds is 6. The predicted octanol–water partition coefficient (Wildman–Crippen LogP) is 3.49. The van der Waals surface area contributed by atoms with E-state index < -0.39 is 0 Å². The highest BCUT2D eigenvalue weighted by atomic mass is 16.5. The van der Waals surface area contributed by atoms with Crippen molar-refractivity contribution in [2.75, 3.05) is 20.7 Å². The van der Waals surface area contributed by atoms with Crippen molar-refractivity contribution in [2.24, 2.45) is 5.41 Å². The topological polar surface area (TPSA) is 21.3 Å². The minimum absolute atomic E-state index is 0.344. The van der Waals surface area contributed by atoms with E-state index in [1.54, 1.807) is 7.11 Å². The quantitative estimate of drug-likeness (QED) is 0.833. The molecule has 0 amide bonds. The van der Waals surface area contributed by atoms with Gasteiger partial charge in [-0.2, -0.15) is 0 Å². The van der Waals surface area contributed by atoms with Crippen LogP contribution in [-0.2, 0) is 6.42 Å². The zero-order chi connectivity index (χ0) is 13.8. The lowest BCUT2D eigenvalue weighted by atomic mass is 9.85. The van der Waals surface area contributed by atoms with E-state index in [2.05, 4.69) is 45.1 Å². The van der Waals surface area contributed by atoms with E-state index in [1.165, 1.54) is 23.1 Å². The van der Waals surface area contributed by atoms with Crippen LogP contribution in [0, 0.1) is 19.3 Å². The van der Waals surface area contributed by atoms with E-state index in [0.717, 1.165) is 18.7 Å². The molecule has 0 radical (unpaired) electrons. The molecule has 1 aromatic carbocycles. The molecule has 0 spiro atoms. The fourth-order valence-electron chi connectivity index (χ4n) is 2.56. The summed E-state index contributed by atoms with van der Waals surface area (Å²) in [7, 11) is 3.76. The number of benzene rings is 1. The standard InChI is InChI=1S/C16H27NO/c1-12-9-14(10-13(2)15(12)18-6)7-8-16(3,4)11-17-5/h9-10,17H,7-8,11H2,1-6H3. The van der Waals surface area contributed by atoms with E-state index in [9.17, 15) is 0 Å². The molecule has 0 heterocycles. The molecule has 102 valence electrons. The first-order valence-corrected chi connectivity index (χ1v) is 6.68. The van der Waals surface area contributed by atoms with Crippen LogP contribution in [0.25, 0.3) is 0 Å². The van der Waals surface area contributed by atoms with Crippen molar-refractivity contribution in [3.8, 4) is 5.75 Å². The number of methoxy groups -OCH3 is 1. The summed E-state index contributed by atoms with van der Waals surface area (Å²) in [5, 5.41) is 3.27. The molecule has 1 rings (SSSR count). The maximum absolute atomic E-state index is 5.40. The molecule has 0 saturated carbocycles. The average molecular weight is 249 g/mol.